The van der Waals surface area contributed by atoms with Crippen LogP contribution in [0.4, 0.5) is 11.6 Å². The molecule has 0 saturated heterocycles. The summed E-state index contributed by atoms with van der Waals surface area (Å²) in [4.78, 5) is 32.5. The zero-order valence-electron chi connectivity index (χ0n) is 15.9. The summed E-state index contributed by atoms with van der Waals surface area (Å²) < 4.78 is 0. The standard InChI is InChI=1S/C20H18N6O3S/c27-19(24-20-21-11-14(12-22-20)13-4-1-2-5-13)16-10-15(26(28)29)7-8-17(16)30-18-6-3-9-23-25-18/h3,6-13H,1-2,4-5H2,(H,21,22,24,27). The maximum atomic E-state index is 12.9. The van der Waals surface area contributed by atoms with E-state index in [9.17, 15) is 14.9 Å². The minimum absolute atomic E-state index is 0.142. The van der Waals surface area contributed by atoms with Crippen LogP contribution in [-0.2, 0) is 0 Å². The first-order valence-electron chi connectivity index (χ1n) is 9.47. The van der Waals surface area contributed by atoms with Crippen LogP contribution in [0.2, 0.25) is 0 Å². The van der Waals surface area contributed by atoms with Crippen molar-refractivity contribution >= 4 is 29.3 Å². The summed E-state index contributed by atoms with van der Waals surface area (Å²) in [6.07, 6.45) is 9.70. The largest absolute Gasteiger partial charge is 0.290 e. The second-order valence-corrected chi connectivity index (χ2v) is 7.94. The lowest BCUT2D eigenvalue weighted by atomic mass is 10.0. The Morgan fingerprint density at radius 3 is 2.60 bits per heavy atom. The van der Waals surface area contributed by atoms with Gasteiger partial charge in [0.05, 0.1) is 10.5 Å². The number of anilines is 1. The van der Waals surface area contributed by atoms with Crippen molar-refractivity contribution in [1.82, 2.24) is 20.2 Å². The Bertz CT molecular complexity index is 1060. The molecular weight excluding hydrogens is 404 g/mol. The van der Waals surface area contributed by atoms with Crippen molar-refractivity contribution in [2.24, 2.45) is 0 Å². The van der Waals surface area contributed by atoms with Crippen LogP contribution in [0.1, 0.15) is 47.5 Å². The maximum Gasteiger partial charge on any atom is 0.270 e. The third-order valence-electron chi connectivity index (χ3n) is 4.90. The van der Waals surface area contributed by atoms with Crippen LogP contribution in [0.15, 0.2) is 58.8 Å². The molecular formula is C20H18N6O3S. The summed E-state index contributed by atoms with van der Waals surface area (Å²) in [7, 11) is 0. The van der Waals surface area contributed by atoms with E-state index in [2.05, 4.69) is 25.5 Å². The van der Waals surface area contributed by atoms with Gasteiger partial charge < -0.3 is 0 Å². The number of benzene rings is 1. The number of nitro groups is 1. The molecule has 2 heterocycles. The maximum absolute atomic E-state index is 12.9. The monoisotopic (exact) mass is 422 g/mol. The van der Waals surface area contributed by atoms with E-state index < -0.39 is 10.8 Å². The Balaban J connectivity index is 1.56. The smallest absolute Gasteiger partial charge is 0.270 e. The lowest BCUT2D eigenvalue weighted by molar-refractivity contribution is -0.384. The van der Waals surface area contributed by atoms with Crippen molar-refractivity contribution in [1.29, 1.82) is 0 Å². The van der Waals surface area contributed by atoms with Gasteiger partial charge in [-0.3, -0.25) is 20.2 Å². The first kappa shape index (κ1) is 19.9. The van der Waals surface area contributed by atoms with Gasteiger partial charge in [0.1, 0.15) is 5.03 Å². The zero-order chi connectivity index (χ0) is 20.9. The number of rotatable bonds is 6. The molecule has 9 nitrogen and oxygen atoms in total. The molecule has 0 aliphatic heterocycles. The van der Waals surface area contributed by atoms with Crippen molar-refractivity contribution in [2.75, 3.05) is 5.32 Å². The molecule has 0 atom stereocenters. The molecule has 1 amide bonds. The molecule has 10 heteroatoms. The number of amides is 1. The molecule has 2 aromatic heterocycles. The van der Waals surface area contributed by atoms with Crippen LogP contribution in [0.5, 0.6) is 0 Å². The Morgan fingerprint density at radius 2 is 1.93 bits per heavy atom. The molecule has 1 N–H and O–H groups in total. The van der Waals surface area contributed by atoms with E-state index >= 15 is 0 Å². The number of hydrogen-bond donors (Lipinski definition) is 1. The van der Waals surface area contributed by atoms with Gasteiger partial charge in [0, 0.05) is 35.6 Å². The highest BCUT2D eigenvalue weighted by Crippen LogP contribution is 2.34. The third-order valence-corrected chi connectivity index (χ3v) is 5.91. The lowest BCUT2D eigenvalue weighted by Crippen LogP contribution is -2.15. The number of hydrogen-bond acceptors (Lipinski definition) is 8. The Hall–Kier alpha value is -3.40. The highest BCUT2D eigenvalue weighted by atomic mass is 32.2. The van der Waals surface area contributed by atoms with E-state index in [1.807, 2.05) is 0 Å². The van der Waals surface area contributed by atoms with Crippen LogP contribution < -0.4 is 5.32 Å². The van der Waals surface area contributed by atoms with Crippen molar-refractivity contribution in [3.8, 4) is 0 Å². The molecule has 1 aliphatic rings. The molecule has 152 valence electrons. The molecule has 1 aromatic carbocycles. The minimum Gasteiger partial charge on any atom is -0.290 e. The molecule has 0 spiro atoms. The van der Waals surface area contributed by atoms with Crippen molar-refractivity contribution in [3.05, 3.63) is 70.2 Å². The van der Waals surface area contributed by atoms with Crippen molar-refractivity contribution in [2.45, 2.75) is 41.5 Å². The topological polar surface area (TPSA) is 124 Å². The molecule has 0 radical (unpaired) electrons. The van der Waals surface area contributed by atoms with Crippen LogP contribution in [-0.4, -0.2) is 31.0 Å². The lowest BCUT2D eigenvalue weighted by Gasteiger charge is -2.11. The third kappa shape index (κ3) is 4.60. The van der Waals surface area contributed by atoms with Crippen LogP contribution >= 0.6 is 11.8 Å². The fraction of sp³-hybridized carbons (Fsp3) is 0.250. The Kier molecular flexibility index (Phi) is 5.94. The van der Waals surface area contributed by atoms with E-state index in [1.165, 1.54) is 42.8 Å². The van der Waals surface area contributed by atoms with Gasteiger partial charge in [0.25, 0.3) is 11.6 Å². The van der Waals surface area contributed by atoms with E-state index in [0.29, 0.717) is 15.8 Å². The summed E-state index contributed by atoms with van der Waals surface area (Å²) in [5.41, 5.74) is 1.03. The quantitative estimate of drug-likeness (QED) is 0.462. The summed E-state index contributed by atoms with van der Waals surface area (Å²) in [5.74, 6) is 0.101. The van der Waals surface area contributed by atoms with Gasteiger partial charge >= 0.3 is 0 Å². The molecule has 3 aromatic rings. The zero-order valence-corrected chi connectivity index (χ0v) is 16.7. The van der Waals surface area contributed by atoms with Gasteiger partial charge in [0.15, 0.2) is 0 Å². The van der Waals surface area contributed by atoms with Crippen molar-refractivity contribution < 1.29 is 9.72 Å². The van der Waals surface area contributed by atoms with Gasteiger partial charge in [-0.2, -0.15) is 5.10 Å². The van der Waals surface area contributed by atoms with E-state index in [4.69, 9.17) is 0 Å². The van der Waals surface area contributed by atoms with Crippen LogP contribution in [0, 0.1) is 10.1 Å². The average molecular weight is 422 g/mol. The normalized spacial score (nSPS) is 13.9. The first-order valence-corrected chi connectivity index (χ1v) is 10.3. The second-order valence-electron chi connectivity index (χ2n) is 6.88. The number of aromatic nitrogens is 4. The van der Waals surface area contributed by atoms with Gasteiger partial charge in [-0.15, -0.1) is 5.10 Å². The highest BCUT2D eigenvalue weighted by Gasteiger charge is 2.20. The molecule has 1 saturated carbocycles. The second kappa shape index (κ2) is 8.95. The summed E-state index contributed by atoms with van der Waals surface area (Å²) in [6, 6.07) is 7.57. The van der Waals surface area contributed by atoms with Gasteiger partial charge in [-0.05, 0) is 42.5 Å². The molecule has 0 unspecified atom stereocenters. The van der Waals surface area contributed by atoms with Crippen molar-refractivity contribution in [3.63, 3.8) is 0 Å². The SMILES string of the molecule is O=C(Nc1ncc(C2CCCC2)cn1)c1cc([N+](=O)[O-])ccc1Sc1cccnn1. The Labute approximate surface area is 176 Å². The first-order chi connectivity index (χ1) is 14.6. The minimum atomic E-state index is -0.541. The fourth-order valence-corrected chi connectivity index (χ4v) is 4.25. The summed E-state index contributed by atoms with van der Waals surface area (Å²) in [5, 5.41) is 22.2. The number of nitrogens with one attached hydrogen (secondary N) is 1. The average Bonchev–Trinajstić information content (AvgIpc) is 3.30. The molecule has 0 bridgehead atoms. The summed E-state index contributed by atoms with van der Waals surface area (Å²) in [6.45, 7) is 0. The molecule has 30 heavy (non-hydrogen) atoms. The predicted octanol–water partition coefficient (Wildman–Crippen LogP) is 4.24. The highest BCUT2D eigenvalue weighted by molar-refractivity contribution is 7.99. The Morgan fingerprint density at radius 1 is 1.17 bits per heavy atom. The van der Waals surface area contributed by atoms with Gasteiger partial charge in [-0.25, -0.2) is 9.97 Å². The molecule has 1 fully saturated rings. The van der Waals surface area contributed by atoms with Gasteiger partial charge in [0.2, 0.25) is 5.95 Å². The predicted molar refractivity (Wildman–Crippen MR) is 110 cm³/mol. The number of carbonyl (C=O) groups is 1. The number of non-ortho nitro benzene ring substituents is 1. The fourth-order valence-electron chi connectivity index (χ4n) is 3.39. The summed E-state index contributed by atoms with van der Waals surface area (Å²) >= 11 is 1.19. The number of nitrogens with zero attached hydrogens (tertiary/aromatic N) is 5. The van der Waals surface area contributed by atoms with Crippen LogP contribution in [0.3, 0.4) is 0 Å². The van der Waals surface area contributed by atoms with Gasteiger partial charge in [-0.1, -0.05) is 24.6 Å². The van der Waals surface area contributed by atoms with Crippen LogP contribution in [0.25, 0.3) is 0 Å². The number of carbonyl (C=O) groups excluding carboxylic acids is 1. The van der Waals surface area contributed by atoms with E-state index in [0.717, 1.165) is 18.4 Å². The van der Waals surface area contributed by atoms with E-state index in [1.54, 1.807) is 30.7 Å². The number of nitro benzene ring substituents is 1. The van der Waals surface area contributed by atoms with E-state index in [-0.39, 0.29) is 17.2 Å². The molecule has 4 rings (SSSR count). The molecule has 1 aliphatic carbocycles.